The monoisotopic (exact) mass is 325 g/mol. The Bertz CT molecular complexity index is 722. The lowest BCUT2D eigenvalue weighted by Gasteiger charge is -2.12. The molecular formula is C19H23N3O2. The third kappa shape index (κ3) is 5.12. The van der Waals surface area contributed by atoms with Gasteiger partial charge in [-0.15, -0.1) is 0 Å². The zero-order valence-electron chi connectivity index (χ0n) is 14.5. The van der Waals surface area contributed by atoms with Crippen LogP contribution < -0.4 is 15.1 Å². The van der Waals surface area contributed by atoms with Crippen LogP contribution in [0.4, 0.5) is 5.69 Å². The van der Waals surface area contributed by atoms with E-state index in [-0.39, 0.29) is 12.5 Å². The predicted molar refractivity (Wildman–Crippen MR) is 97.8 cm³/mol. The van der Waals surface area contributed by atoms with Crippen molar-refractivity contribution in [3.63, 3.8) is 0 Å². The van der Waals surface area contributed by atoms with Gasteiger partial charge in [-0.25, -0.2) is 5.43 Å². The highest BCUT2D eigenvalue weighted by Gasteiger charge is 2.04. The summed E-state index contributed by atoms with van der Waals surface area (Å²) in [5, 5.41) is 4.12. The lowest BCUT2D eigenvalue weighted by molar-refractivity contribution is -0.123. The number of nitrogens with zero attached hydrogens (tertiary/aromatic N) is 2. The van der Waals surface area contributed by atoms with Crippen molar-refractivity contribution in [2.45, 2.75) is 13.8 Å². The van der Waals surface area contributed by atoms with Crippen molar-refractivity contribution in [2.75, 3.05) is 25.6 Å². The van der Waals surface area contributed by atoms with Gasteiger partial charge in [0.25, 0.3) is 5.91 Å². The van der Waals surface area contributed by atoms with Gasteiger partial charge in [-0.3, -0.25) is 4.79 Å². The SMILES string of the molecule is C/C(=N/NC(=O)COc1cccc(C)c1)c1ccc(N(C)C)cc1. The number of benzene rings is 2. The fraction of sp³-hybridized carbons (Fsp3) is 0.263. The number of carbonyl (C=O) groups is 1. The minimum Gasteiger partial charge on any atom is -0.484 e. The van der Waals surface area contributed by atoms with E-state index in [4.69, 9.17) is 4.74 Å². The second kappa shape index (κ2) is 8.15. The summed E-state index contributed by atoms with van der Waals surface area (Å²) < 4.78 is 5.44. The largest absolute Gasteiger partial charge is 0.484 e. The van der Waals surface area contributed by atoms with Gasteiger partial charge < -0.3 is 9.64 Å². The number of amides is 1. The molecule has 0 bridgehead atoms. The zero-order valence-corrected chi connectivity index (χ0v) is 14.5. The molecule has 0 spiro atoms. The first kappa shape index (κ1) is 17.5. The number of hydrogen-bond donors (Lipinski definition) is 1. The number of rotatable bonds is 6. The van der Waals surface area contributed by atoms with E-state index in [2.05, 4.69) is 10.5 Å². The summed E-state index contributed by atoms with van der Waals surface area (Å²) in [5.41, 5.74) is 6.41. The molecule has 0 saturated carbocycles. The van der Waals surface area contributed by atoms with Crippen molar-refractivity contribution < 1.29 is 9.53 Å². The van der Waals surface area contributed by atoms with Gasteiger partial charge in [0.05, 0.1) is 5.71 Å². The van der Waals surface area contributed by atoms with Crippen LogP contribution in [0.5, 0.6) is 5.75 Å². The van der Waals surface area contributed by atoms with E-state index in [0.29, 0.717) is 5.75 Å². The molecule has 1 amide bonds. The van der Waals surface area contributed by atoms with Crippen LogP contribution in [0.3, 0.4) is 0 Å². The van der Waals surface area contributed by atoms with Gasteiger partial charge in [0, 0.05) is 19.8 Å². The van der Waals surface area contributed by atoms with Crippen LogP contribution in [0.15, 0.2) is 53.6 Å². The Morgan fingerprint density at radius 1 is 1.17 bits per heavy atom. The maximum Gasteiger partial charge on any atom is 0.277 e. The summed E-state index contributed by atoms with van der Waals surface area (Å²) in [5.74, 6) is 0.380. The molecule has 0 fully saturated rings. The molecule has 126 valence electrons. The summed E-state index contributed by atoms with van der Waals surface area (Å²) in [6, 6.07) is 15.5. The minimum atomic E-state index is -0.291. The lowest BCUT2D eigenvalue weighted by atomic mass is 10.1. The van der Waals surface area contributed by atoms with Crippen molar-refractivity contribution in [1.29, 1.82) is 0 Å². The maximum absolute atomic E-state index is 11.8. The third-order valence-corrected chi connectivity index (χ3v) is 3.51. The van der Waals surface area contributed by atoms with E-state index in [1.165, 1.54) is 0 Å². The average molecular weight is 325 g/mol. The average Bonchev–Trinajstić information content (AvgIpc) is 2.58. The smallest absolute Gasteiger partial charge is 0.277 e. The Balaban J connectivity index is 1.88. The summed E-state index contributed by atoms with van der Waals surface area (Å²) in [4.78, 5) is 13.9. The first-order valence-corrected chi connectivity index (χ1v) is 7.76. The minimum absolute atomic E-state index is 0.0696. The number of hydrogen-bond acceptors (Lipinski definition) is 4. The van der Waals surface area contributed by atoms with Gasteiger partial charge in [0.1, 0.15) is 5.75 Å². The van der Waals surface area contributed by atoms with E-state index in [1.54, 1.807) is 0 Å². The van der Waals surface area contributed by atoms with Crippen LogP contribution in [0, 0.1) is 6.92 Å². The van der Waals surface area contributed by atoms with Gasteiger partial charge in [-0.1, -0.05) is 24.3 Å². The van der Waals surface area contributed by atoms with Crippen molar-refractivity contribution in [3.8, 4) is 5.75 Å². The predicted octanol–water partition coefficient (Wildman–Crippen LogP) is 2.98. The number of aryl methyl sites for hydroxylation is 1. The van der Waals surface area contributed by atoms with Crippen LogP contribution in [0.1, 0.15) is 18.1 Å². The van der Waals surface area contributed by atoms with Crippen LogP contribution in [0.25, 0.3) is 0 Å². The van der Waals surface area contributed by atoms with Crippen molar-refractivity contribution in [3.05, 3.63) is 59.7 Å². The first-order valence-electron chi connectivity index (χ1n) is 7.76. The molecule has 0 heterocycles. The van der Waals surface area contributed by atoms with Gasteiger partial charge in [-0.2, -0.15) is 5.10 Å². The number of ether oxygens (including phenoxy) is 1. The molecular weight excluding hydrogens is 302 g/mol. The van der Waals surface area contributed by atoms with Crippen molar-refractivity contribution >= 4 is 17.3 Å². The van der Waals surface area contributed by atoms with E-state index in [0.717, 1.165) is 22.5 Å². The first-order chi connectivity index (χ1) is 11.5. The molecule has 5 nitrogen and oxygen atoms in total. The molecule has 0 aromatic heterocycles. The lowest BCUT2D eigenvalue weighted by Crippen LogP contribution is -2.25. The maximum atomic E-state index is 11.8. The highest BCUT2D eigenvalue weighted by atomic mass is 16.5. The van der Waals surface area contributed by atoms with Gasteiger partial charge in [0.2, 0.25) is 0 Å². The standard InChI is InChI=1S/C19H23N3O2/c1-14-6-5-7-18(12-14)24-13-19(23)21-20-15(2)16-8-10-17(11-9-16)22(3)4/h5-12H,13H2,1-4H3,(H,21,23)/b20-15-. The fourth-order valence-corrected chi connectivity index (χ4v) is 2.10. The highest BCUT2D eigenvalue weighted by molar-refractivity contribution is 5.99. The topological polar surface area (TPSA) is 53.9 Å². The Morgan fingerprint density at radius 3 is 2.50 bits per heavy atom. The fourth-order valence-electron chi connectivity index (χ4n) is 2.10. The summed E-state index contributed by atoms with van der Waals surface area (Å²) in [6.07, 6.45) is 0. The molecule has 0 aliphatic carbocycles. The molecule has 0 aliphatic rings. The van der Waals surface area contributed by atoms with Crippen molar-refractivity contribution in [1.82, 2.24) is 5.43 Å². The van der Waals surface area contributed by atoms with E-state index in [9.17, 15) is 4.79 Å². The number of nitrogens with one attached hydrogen (secondary N) is 1. The molecule has 0 saturated heterocycles. The molecule has 0 atom stereocenters. The van der Waals surface area contributed by atoms with Gasteiger partial charge in [-0.05, 0) is 49.2 Å². The Labute approximate surface area is 142 Å². The highest BCUT2D eigenvalue weighted by Crippen LogP contribution is 2.13. The molecule has 2 aromatic carbocycles. The summed E-state index contributed by atoms with van der Waals surface area (Å²) in [7, 11) is 3.98. The van der Waals surface area contributed by atoms with Crippen LogP contribution in [-0.4, -0.2) is 32.3 Å². The molecule has 24 heavy (non-hydrogen) atoms. The van der Waals surface area contributed by atoms with Crippen LogP contribution in [0.2, 0.25) is 0 Å². The molecule has 0 radical (unpaired) electrons. The van der Waals surface area contributed by atoms with E-state index in [1.807, 2.05) is 81.4 Å². The van der Waals surface area contributed by atoms with Gasteiger partial charge in [0.15, 0.2) is 6.61 Å². The second-order valence-corrected chi connectivity index (χ2v) is 5.78. The number of carbonyl (C=O) groups excluding carboxylic acids is 1. The number of hydrazone groups is 1. The van der Waals surface area contributed by atoms with Crippen molar-refractivity contribution in [2.24, 2.45) is 5.10 Å². The molecule has 1 N–H and O–H groups in total. The number of anilines is 1. The normalized spacial score (nSPS) is 11.1. The molecule has 5 heteroatoms. The Hall–Kier alpha value is -2.82. The van der Waals surface area contributed by atoms with Crippen LogP contribution in [-0.2, 0) is 4.79 Å². The van der Waals surface area contributed by atoms with Gasteiger partial charge >= 0.3 is 0 Å². The Kier molecular flexibility index (Phi) is 5.95. The van der Waals surface area contributed by atoms with Crippen LogP contribution >= 0.6 is 0 Å². The second-order valence-electron chi connectivity index (χ2n) is 5.78. The molecule has 2 rings (SSSR count). The third-order valence-electron chi connectivity index (χ3n) is 3.51. The molecule has 0 aliphatic heterocycles. The summed E-state index contributed by atoms with van der Waals surface area (Å²) in [6.45, 7) is 3.76. The zero-order chi connectivity index (χ0) is 17.5. The molecule has 2 aromatic rings. The Morgan fingerprint density at radius 2 is 1.88 bits per heavy atom. The molecule has 0 unspecified atom stereocenters. The van der Waals surface area contributed by atoms with E-state index >= 15 is 0 Å². The summed E-state index contributed by atoms with van der Waals surface area (Å²) >= 11 is 0. The van der Waals surface area contributed by atoms with E-state index < -0.39 is 0 Å². The quantitative estimate of drug-likeness (QED) is 0.656.